The topological polar surface area (TPSA) is 80.3 Å². The minimum absolute atomic E-state index is 0.233. The van der Waals surface area contributed by atoms with Crippen LogP contribution < -0.4 is 10.2 Å². The summed E-state index contributed by atoms with van der Waals surface area (Å²) in [5.74, 6) is -3.40. The van der Waals surface area contributed by atoms with Crippen LogP contribution in [-0.2, 0) is 9.59 Å². The molecule has 0 aromatic heterocycles. The molecule has 0 unspecified atom stereocenters. The van der Waals surface area contributed by atoms with E-state index in [1.165, 1.54) is 0 Å². The zero-order valence-corrected chi connectivity index (χ0v) is 4.84. The highest BCUT2D eigenvalue weighted by Crippen LogP contribution is 1.96. The monoisotopic (exact) mass is 148 g/mol. The molecular weight excluding hydrogens is 147 g/mol. The van der Waals surface area contributed by atoms with Crippen LogP contribution >= 0.6 is 11.6 Å². The molecule has 50 valence electrons. The van der Waals surface area contributed by atoms with Gasteiger partial charge < -0.3 is 19.8 Å². The molecule has 0 saturated heterocycles. The summed E-state index contributed by atoms with van der Waals surface area (Å²) in [6, 6.07) is 0. The highest BCUT2D eigenvalue weighted by Gasteiger charge is 1.89. The predicted octanol–water partition coefficient (Wildman–Crippen LogP) is -2.39. The van der Waals surface area contributed by atoms with Gasteiger partial charge in [0.2, 0.25) is 0 Å². The number of carboxylic acids is 2. The van der Waals surface area contributed by atoms with Crippen molar-refractivity contribution in [1.29, 1.82) is 0 Å². The molecule has 0 heterocycles. The van der Waals surface area contributed by atoms with Crippen molar-refractivity contribution < 1.29 is 19.8 Å². The Balaban J connectivity index is 4.17. The Labute approximate surface area is 55.4 Å². The number of aliphatic carboxylic acids is 2. The van der Waals surface area contributed by atoms with Crippen LogP contribution in [0.3, 0.4) is 0 Å². The van der Waals surface area contributed by atoms with Crippen molar-refractivity contribution in [3.8, 4) is 0 Å². The van der Waals surface area contributed by atoms with E-state index in [-0.39, 0.29) is 6.08 Å². The number of hydrogen-bond donors (Lipinski definition) is 0. The average molecular weight is 149 g/mol. The summed E-state index contributed by atoms with van der Waals surface area (Å²) in [5, 5.41) is 18.3. The Morgan fingerprint density at radius 1 is 1.33 bits per heavy atom. The summed E-state index contributed by atoms with van der Waals surface area (Å²) in [4.78, 5) is 19.2. The first-order valence-electron chi connectivity index (χ1n) is 1.83. The molecule has 0 radical (unpaired) electrons. The second kappa shape index (κ2) is 3.09. The zero-order chi connectivity index (χ0) is 7.44. The van der Waals surface area contributed by atoms with Gasteiger partial charge in [-0.3, -0.25) is 0 Å². The van der Waals surface area contributed by atoms with Crippen LogP contribution in [0, 0.1) is 0 Å². The highest BCUT2D eigenvalue weighted by atomic mass is 35.5. The minimum Gasteiger partial charge on any atom is -0.545 e. The summed E-state index contributed by atoms with van der Waals surface area (Å²) in [6.45, 7) is 0. The average Bonchev–Trinajstić information content (AvgIpc) is 1.63. The summed E-state index contributed by atoms with van der Waals surface area (Å²) in [7, 11) is 0. The van der Waals surface area contributed by atoms with E-state index in [0.717, 1.165) is 0 Å². The van der Waals surface area contributed by atoms with Gasteiger partial charge in [0.1, 0.15) is 0 Å². The Kier molecular flexibility index (Phi) is 2.73. The summed E-state index contributed by atoms with van der Waals surface area (Å²) >= 11 is 4.79. The van der Waals surface area contributed by atoms with Crippen LogP contribution in [0.15, 0.2) is 11.1 Å². The third kappa shape index (κ3) is 3.54. The molecule has 0 atom stereocenters. The Morgan fingerprint density at radius 2 is 1.78 bits per heavy atom. The molecular formula is C4HClO4-2. The number of carbonyl (C=O) groups excluding carboxylic acids is 2. The van der Waals surface area contributed by atoms with Gasteiger partial charge in [-0.15, -0.1) is 0 Å². The van der Waals surface area contributed by atoms with E-state index in [2.05, 4.69) is 0 Å². The fourth-order valence-electron chi connectivity index (χ4n) is 0.162. The number of carbonyl (C=O) groups is 2. The molecule has 0 spiro atoms. The Hall–Kier alpha value is -1.03. The molecule has 4 nitrogen and oxygen atoms in total. The van der Waals surface area contributed by atoms with Gasteiger partial charge in [0, 0.05) is 0 Å². The molecule has 0 rings (SSSR count). The van der Waals surface area contributed by atoms with Crippen LogP contribution in [0.5, 0.6) is 0 Å². The van der Waals surface area contributed by atoms with Crippen LogP contribution in [0.2, 0.25) is 0 Å². The molecule has 0 N–H and O–H groups in total. The molecule has 0 aliphatic rings. The maximum Gasteiger partial charge on any atom is 0.0830 e. The first kappa shape index (κ1) is 7.97. The van der Waals surface area contributed by atoms with Crippen LogP contribution in [0.1, 0.15) is 0 Å². The number of halogens is 1. The van der Waals surface area contributed by atoms with Crippen molar-refractivity contribution >= 4 is 23.5 Å². The molecule has 0 saturated carbocycles. The lowest BCUT2D eigenvalue weighted by Crippen LogP contribution is -2.25. The van der Waals surface area contributed by atoms with Gasteiger partial charge in [-0.2, -0.15) is 0 Å². The van der Waals surface area contributed by atoms with E-state index < -0.39 is 17.0 Å². The van der Waals surface area contributed by atoms with E-state index in [9.17, 15) is 19.8 Å². The van der Waals surface area contributed by atoms with Gasteiger partial charge in [-0.1, -0.05) is 11.6 Å². The standard InChI is InChI=1S/C4H3ClO4/c5-2(4(8)9)1-3(6)7/h1H,(H,6,7)(H,8,9)/p-2/b2-1-. The predicted molar refractivity (Wildman–Crippen MR) is 23.9 cm³/mol. The van der Waals surface area contributed by atoms with Crippen LogP contribution in [0.4, 0.5) is 0 Å². The highest BCUT2D eigenvalue weighted by molar-refractivity contribution is 6.41. The van der Waals surface area contributed by atoms with Crippen LogP contribution in [-0.4, -0.2) is 11.9 Å². The number of carboxylic acid groups (broad SMARTS) is 2. The van der Waals surface area contributed by atoms with Crippen molar-refractivity contribution in [2.75, 3.05) is 0 Å². The Bertz CT molecular complexity index is 171. The van der Waals surface area contributed by atoms with E-state index in [1.807, 2.05) is 0 Å². The quantitative estimate of drug-likeness (QED) is 0.409. The fraction of sp³-hybridized carbons (Fsp3) is 0. The van der Waals surface area contributed by atoms with Gasteiger partial charge in [-0.05, 0) is 6.08 Å². The molecule has 5 heteroatoms. The molecule has 0 fully saturated rings. The Morgan fingerprint density at radius 3 is 1.89 bits per heavy atom. The molecule has 9 heavy (non-hydrogen) atoms. The van der Waals surface area contributed by atoms with Gasteiger partial charge in [0.15, 0.2) is 0 Å². The van der Waals surface area contributed by atoms with Crippen LogP contribution in [0.25, 0.3) is 0 Å². The smallest absolute Gasteiger partial charge is 0.0830 e. The number of rotatable bonds is 2. The third-order valence-electron chi connectivity index (χ3n) is 0.440. The normalized spacial score (nSPS) is 11.0. The lowest BCUT2D eigenvalue weighted by molar-refractivity contribution is -0.302. The molecule has 0 bridgehead atoms. The SMILES string of the molecule is O=C([O-])/C=C(\Cl)C(=O)[O-]. The number of hydrogen-bond acceptors (Lipinski definition) is 4. The van der Waals surface area contributed by atoms with E-state index >= 15 is 0 Å². The van der Waals surface area contributed by atoms with Gasteiger partial charge in [0.05, 0.1) is 17.0 Å². The minimum atomic E-state index is -1.74. The summed E-state index contributed by atoms with van der Waals surface area (Å²) < 4.78 is 0. The van der Waals surface area contributed by atoms with Crippen molar-refractivity contribution in [2.45, 2.75) is 0 Å². The van der Waals surface area contributed by atoms with Crippen molar-refractivity contribution in [1.82, 2.24) is 0 Å². The molecule has 0 aromatic carbocycles. The van der Waals surface area contributed by atoms with E-state index in [4.69, 9.17) is 11.6 Å². The molecule has 0 aromatic rings. The lowest BCUT2D eigenvalue weighted by atomic mass is 10.5. The van der Waals surface area contributed by atoms with Gasteiger partial charge in [-0.25, -0.2) is 0 Å². The maximum absolute atomic E-state index is 9.63. The van der Waals surface area contributed by atoms with Crippen molar-refractivity contribution in [3.05, 3.63) is 11.1 Å². The molecule has 0 aliphatic carbocycles. The second-order valence-electron chi connectivity index (χ2n) is 1.10. The lowest BCUT2D eigenvalue weighted by Gasteiger charge is -1.98. The van der Waals surface area contributed by atoms with Gasteiger partial charge in [0.25, 0.3) is 0 Å². The van der Waals surface area contributed by atoms with Crippen molar-refractivity contribution in [3.63, 3.8) is 0 Å². The summed E-state index contributed by atoms with van der Waals surface area (Å²) in [5.41, 5.74) is 0. The zero-order valence-electron chi connectivity index (χ0n) is 4.09. The van der Waals surface area contributed by atoms with Gasteiger partial charge >= 0.3 is 0 Å². The maximum atomic E-state index is 9.63. The molecule has 0 aliphatic heterocycles. The first-order chi connectivity index (χ1) is 4.04. The fourth-order valence-corrected chi connectivity index (χ4v) is 0.251. The largest absolute Gasteiger partial charge is 0.545 e. The molecule has 0 amide bonds. The first-order valence-corrected chi connectivity index (χ1v) is 2.21. The van der Waals surface area contributed by atoms with Crippen molar-refractivity contribution in [2.24, 2.45) is 0 Å². The van der Waals surface area contributed by atoms with E-state index in [1.54, 1.807) is 0 Å². The second-order valence-corrected chi connectivity index (χ2v) is 1.51. The summed E-state index contributed by atoms with van der Waals surface area (Å²) in [6.07, 6.45) is 0.233. The third-order valence-corrected chi connectivity index (χ3v) is 0.703. The van der Waals surface area contributed by atoms with E-state index in [0.29, 0.717) is 0 Å².